The lowest BCUT2D eigenvalue weighted by atomic mass is 9.84. The molecule has 2 heterocycles. The highest BCUT2D eigenvalue weighted by Gasteiger charge is 2.35. The quantitative estimate of drug-likeness (QED) is 0.643. The van der Waals surface area contributed by atoms with E-state index in [0.29, 0.717) is 24.2 Å². The zero-order valence-electron chi connectivity index (χ0n) is 17.8. The van der Waals surface area contributed by atoms with Crippen molar-refractivity contribution in [1.82, 2.24) is 15.1 Å². The number of carbonyl (C=O) groups is 2. The second-order valence-electron chi connectivity index (χ2n) is 8.78. The van der Waals surface area contributed by atoms with Crippen molar-refractivity contribution in [2.24, 2.45) is 5.92 Å². The summed E-state index contributed by atoms with van der Waals surface area (Å²) >= 11 is 1.24. The molecule has 0 bridgehead atoms. The van der Waals surface area contributed by atoms with E-state index >= 15 is 0 Å². The van der Waals surface area contributed by atoms with Gasteiger partial charge < -0.3 is 19.3 Å². The second kappa shape index (κ2) is 9.28. The Bertz CT molecular complexity index is 714. The lowest BCUT2D eigenvalue weighted by Crippen LogP contribution is -2.53. The van der Waals surface area contributed by atoms with Crippen LogP contribution in [0.15, 0.2) is 0 Å². The molecule has 9 heteroatoms. The molecule has 1 aromatic rings. The maximum Gasteiger partial charge on any atom is 0.410 e. The van der Waals surface area contributed by atoms with Gasteiger partial charge in [-0.2, -0.15) is 0 Å². The Hall–Kier alpha value is -1.90. The number of esters is 1. The highest BCUT2D eigenvalue weighted by atomic mass is 32.1. The Balaban J connectivity index is 1.70. The molecule has 2 aliphatic rings. The van der Waals surface area contributed by atoms with Crippen molar-refractivity contribution in [2.45, 2.75) is 71.4 Å². The van der Waals surface area contributed by atoms with Crippen molar-refractivity contribution in [3.05, 3.63) is 5.01 Å². The molecule has 0 spiro atoms. The highest BCUT2D eigenvalue weighted by Crippen LogP contribution is 2.31. The maximum atomic E-state index is 12.9. The number of hydrogen-bond donors (Lipinski definition) is 0. The molecule has 1 aromatic heterocycles. The minimum Gasteiger partial charge on any atom is -0.461 e. The van der Waals surface area contributed by atoms with Gasteiger partial charge in [0.2, 0.25) is 10.1 Å². The number of anilines is 1. The number of carbonyl (C=O) groups excluding carboxylic acids is 2. The summed E-state index contributed by atoms with van der Waals surface area (Å²) in [6.07, 6.45) is 5.24. The number of nitrogens with zero attached hydrogens (tertiary/aromatic N) is 4. The summed E-state index contributed by atoms with van der Waals surface area (Å²) in [6, 6.07) is 0.0640. The fourth-order valence-corrected chi connectivity index (χ4v) is 4.42. The largest absolute Gasteiger partial charge is 0.461 e. The molecule has 1 atom stereocenters. The SMILES string of the molecule is CCOC(=O)c1nnc(N2CCCC(N(CC3CCC3)C(=O)OC(C)(C)C)C2)s1. The van der Waals surface area contributed by atoms with E-state index in [1.165, 1.54) is 30.6 Å². The molecule has 1 unspecified atom stereocenters. The highest BCUT2D eigenvalue weighted by molar-refractivity contribution is 7.17. The van der Waals surface area contributed by atoms with Crippen LogP contribution in [0.4, 0.5) is 9.93 Å². The number of rotatable bonds is 6. The van der Waals surface area contributed by atoms with Crippen molar-refractivity contribution in [3.63, 3.8) is 0 Å². The van der Waals surface area contributed by atoms with Gasteiger partial charge in [0.15, 0.2) is 0 Å². The first-order valence-electron chi connectivity index (χ1n) is 10.5. The van der Waals surface area contributed by atoms with Crippen molar-refractivity contribution < 1.29 is 19.1 Å². The van der Waals surface area contributed by atoms with E-state index in [-0.39, 0.29) is 17.1 Å². The van der Waals surface area contributed by atoms with Gasteiger partial charge in [-0.25, -0.2) is 9.59 Å². The van der Waals surface area contributed by atoms with E-state index in [1.54, 1.807) is 6.92 Å². The lowest BCUT2D eigenvalue weighted by molar-refractivity contribution is 0.00734. The molecular weight excluding hydrogens is 392 g/mol. The van der Waals surface area contributed by atoms with E-state index in [9.17, 15) is 9.59 Å². The Kier molecular flexibility index (Phi) is 6.97. The van der Waals surface area contributed by atoms with Crippen molar-refractivity contribution >= 4 is 28.5 Å². The maximum absolute atomic E-state index is 12.9. The van der Waals surface area contributed by atoms with Crippen LogP contribution >= 0.6 is 11.3 Å². The predicted molar refractivity (Wildman–Crippen MR) is 111 cm³/mol. The zero-order valence-corrected chi connectivity index (χ0v) is 18.7. The number of piperidine rings is 1. The smallest absolute Gasteiger partial charge is 0.410 e. The van der Waals surface area contributed by atoms with Crippen LogP contribution in [0, 0.1) is 5.92 Å². The van der Waals surface area contributed by atoms with Gasteiger partial charge >= 0.3 is 12.1 Å². The molecule has 0 aromatic carbocycles. The van der Waals surface area contributed by atoms with Crippen LogP contribution in [-0.2, 0) is 9.47 Å². The minimum absolute atomic E-state index is 0.0640. The van der Waals surface area contributed by atoms with E-state index in [2.05, 4.69) is 15.1 Å². The number of aromatic nitrogens is 2. The van der Waals surface area contributed by atoms with E-state index in [1.807, 2.05) is 25.7 Å². The Labute approximate surface area is 176 Å². The van der Waals surface area contributed by atoms with Crippen LogP contribution < -0.4 is 4.90 Å². The van der Waals surface area contributed by atoms with Crippen molar-refractivity contribution in [1.29, 1.82) is 0 Å². The molecular formula is C20H32N4O4S. The summed E-state index contributed by atoms with van der Waals surface area (Å²) in [4.78, 5) is 28.9. The van der Waals surface area contributed by atoms with E-state index < -0.39 is 11.6 Å². The van der Waals surface area contributed by atoms with Gasteiger partial charge in [-0.1, -0.05) is 17.8 Å². The topological polar surface area (TPSA) is 84.9 Å². The van der Waals surface area contributed by atoms with Gasteiger partial charge in [0.1, 0.15) is 5.60 Å². The van der Waals surface area contributed by atoms with Gasteiger partial charge in [-0.3, -0.25) is 0 Å². The molecule has 1 amide bonds. The van der Waals surface area contributed by atoms with Gasteiger partial charge in [0.25, 0.3) is 0 Å². The number of ether oxygens (including phenoxy) is 2. The average Bonchev–Trinajstić information content (AvgIpc) is 3.10. The minimum atomic E-state index is -0.517. The van der Waals surface area contributed by atoms with Crippen LogP contribution in [0.1, 0.15) is 69.6 Å². The molecule has 0 N–H and O–H groups in total. The third-order valence-electron chi connectivity index (χ3n) is 5.28. The first kappa shape index (κ1) is 21.8. The fourth-order valence-electron chi connectivity index (χ4n) is 3.65. The molecule has 3 rings (SSSR count). The van der Waals surface area contributed by atoms with Crippen LogP contribution in [0.25, 0.3) is 0 Å². The normalized spacial score (nSPS) is 20.1. The summed E-state index contributed by atoms with van der Waals surface area (Å²) < 4.78 is 10.7. The van der Waals surface area contributed by atoms with Crippen LogP contribution in [-0.4, -0.2) is 65.0 Å². The molecule has 1 saturated heterocycles. The molecule has 2 fully saturated rings. The number of amides is 1. The third kappa shape index (κ3) is 5.81. The van der Waals surface area contributed by atoms with E-state index in [0.717, 1.165) is 25.9 Å². The van der Waals surface area contributed by atoms with Crippen LogP contribution in [0.2, 0.25) is 0 Å². The lowest BCUT2D eigenvalue weighted by Gasteiger charge is -2.42. The molecule has 29 heavy (non-hydrogen) atoms. The summed E-state index contributed by atoms with van der Waals surface area (Å²) in [5, 5.41) is 9.14. The van der Waals surface area contributed by atoms with Gasteiger partial charge in [0.05, 0.1) is 12.6 Å². The van der Waals surface area contributed by atoms with Gasteiger partial charge in [-0.15, -0.1) is 10.2 Å². The average molecular weight is 425 g/mol. The van der Waals surface area contributed by atoms with Gasteiger partial charge in [-0.05, 0) is 59.3 Å². The Morgan fingerprint density at radius 3 is 2.59 bits per heavy atom. The summed E-state index contributed by atoms with van der Waals surface area (Å²) in [5.41, 5.74) is -0.517. The zero-order chi connectivity index (χ0) is 21.0. The molecule has 1 saturated carbocycles. The fraction of sp³-hybridized carbons (Fsp3) is 0.800. The Morgan fingerprint density at radius 2 is 1.97 bits per heavy atom. The molecule has 8 nitrogen and oxygen atoms in total. The van der Waals surface area contributed by atoms with Crippen LogP contribution in [0.5, 0.6) is 0 Å². The second-order valence-corrected chi connectivity index (χ2v) is 9.74. The number of hydrogen-bond acceptors (Lipinski definition) is 8. The molecule has 162 valence electrons. The van der Waals surface area contributed by atoms with Crippen molar-refractivity contribution in [3.8, 4) is 0 Å². The summed E-state index contributed by atoms with van der Waals surface area (Å²) in [5.74, 6) is 0.125. The molecule has 1 aliphatic heterocycles. The monoisotopic (exact) mass is 424 g/mol. The van der Waals surface area contributed by atoms with Crippen molar-refractivity contribution in [2.75, 3.05) is 31.1 Å². The van der Waals surface area contributed by atoms with E-state index in [4.69, 9.17) is 9.47 Å². The summed E-state index contributed by atoms with van der Waals surface area (Å²) in [6.45, 7) is 10.0. The molecule has 0 radical (unpaired) electrons. The standard InChI is InChI=1S/C20H32N4O4S/c1-5-27-17(25)16-21-22-18(29-16)23-11-7-10-15(13-23)24(12-14-8-6-9-14)19(26)28-20(2,3)4/h14-15H,5-13H2,1-4H3. The van der Waals surface area contributed by atoms with Gasteiger partial charge in [0, 0.05) is 19.6 Å². The van der Waals surface area contributed by atoms with Crippen LogP contribution in [0.3, 0.4) is 0 Å². The Morgan fingerprint density at radius 1 is 1.21 bits per heavy atom. The summed E-state index contributed by atoms with van der Waals surface area (Å²) in [7, 11) is 0. The third-order valence-corrected chi connectivity index (χ3v) is 6.24. The molecule has 1 aliphatic carbocycles. The first-order valence-corrected chi connectivity index (χ1v) is 11.3. The predicted octanol–water partition coefficient (Wildman–Crippen LogP) is 3.72. The first-order chi connectivity index (χ1) is 13.8.